The quantitative estimate of drug-likeness (QED) is 0.898. The van der Waals surface area contributed by atoms with Gasteiger partial charge in [0.2, 0.25) is 5.88 Å². The zero-order valence-corrected chi connectivity index (χ0v) is 13.4. The van der Waals surface area contributed by atoms with Gasteiger partial charge < -0.3 is 10.5 Å². The van der Waals surface area contributed by atoms with Gasteiger partial charge in [-0.25, -0.2) is 9.97 Å². The van der Waals surface area contributed by atoms with Crippen molar-refractivity contribution in [3.8, 4) is 5.88 Å². The molecule has 0 aliphatic heterocycles. The summed E-state index contributed by atoms with van der Waals surface area (Å²) in [5.41, 5.74) is 9.08. The van der Waals surface area contributed by atoms with Crippen molar-refractivity contribution in [1.29, 1.82) is 0 Å². The van der Waals surface area contributed by atoms with Crippen molar-refractivity contribution in [1.82, 2.24) is 19.7 Å². The van der Waals surface area contributed by atoms with E-state index in [1.54, 1.807) is 13.2 Å². The number of methoxy groups -OCH3 is 1. The number of nitrogens with two attached hydrogens (primary N) is 1. The highest BCUT2D eigenvalue weighted by Crippen LogP contribution is 2.25. The Morgan fingerprint density at radius 2 is 2.20 bits per heavy atom. The third-order valence-electron chi connectivity index (χ3n) is 3.17. The van der Waals surface area contributed by atoms with Gasteiger partial charge in [-0.2, -0.15) is 5.10 Å². The summed E-state index contributed by atoms with van der Waals surface area (Å²) in [7, 11) is 3.50. The van der Waals surface area contributed by atoms with Crippen molar-refractivity contribution in [2.45, 2.75) is 25.8 Å². The zero-order chi connectivity index (χ0) is 14.7. The van der Waals surface area contributed by atoms with Crippen molar-refractivity contribution in [2.75, 3.05) is 7.11 Å². The molecular formula is C13H18BrN5O. The highest BCUT2D eigenvalue weighted by molar-refractivity contribution is 9.10. The van der Waals surface area contributed by atoms with E-state index in [0.29, 0.717) is 12.3 Å². The molecule has 2 rings (SSSR count). The lowest BCUT2D eigenvalue weighted by Gasteiger charge is -2.12. The molecule has 6 nitrogen and oxygen atoms in total. The molecule has 1 unspecified atom stereocenters. The first kappa shape index (κ1) is 14.9. The number of aromatic nitrogens is 4. The van der Waals surface area contributed by atoms with E-state index in [2.05, 4.69) is 37.9 Å². The summed E-state index contributed by atoms with van der Waals surface area (Å²) in [4.78, 5) is 8.19. The highest BCUT2D eigenvalue weighted by atomic mass is 79.9. The maximum atomic E-state index is 6.23. The van der Waals surface area contributed by atoms with Gasteiger partial charge in [0.05, 0.1) is 34.7 Å². The van der Waals surface area contributed by atoms with Gasteiger partial charge in [-0.05, 0) is 22.4 Å². The molecule has 7 heteroatoms. The Balaban J connectivity index is 2.23. The van der Waals surface area contributed by atoms with E-state index in [1.165, 1.54) is 6.33 Å². The van der Waals surface area contributed by atoms with Crippen LogP contribution in [0.5, 0.6) is 5.88 Å². The van der Waals surface area contributed by atoms with Crippen LogP contribution in [0.25, 0.3) is 0 Å². The number of aryl methyl sites for hydroxylation is 2. The lowest BCUT2D eigenvalue weighted by molar-refractivity contribution is 0.395. The minimum atomic E-state index is -0.233. The lowest BCUT2D eigenvalue weighted by Crippen LogP contribution is -2.17. The summed E-state index contributed by atoms with van der Waals surface area (Å²) in [5.74, 6) is 0.517. The maximum absolute atomic E-state index is 6.23. The fraction of sp³-hybridized carbons (Fsp3) is 0.462. The molecule has 0 radical (unpaired) electrons. The summed E-state index contributed by atoms with van der Waals surface area (Å²) in [6.07, 6.45) is 2.99. The Labute approximate surface area is 126 Å². The Bertz CT molecular complexity index is 598. The van der Waals surface area contributed by atoms with Crippen molar-refractivity contribution >= 4 is 15.9 Å². The summed E-state index contributed by atoms with van der Waals surface area (Å²) in [6.45, 7) is 2.08. The molecule has 0 fully saturated rings. The minimum absolute atomic E-state index is 0.233. The van der Waals surface area contributed by atoms with Crippen molar-refractivity contribution < 1.29 is 4.74 Å². The van der Waals surface area contributed by atoms with E-state index in [4.69, 9.17) is 10.5 Å². The highest BCUT2D eigenvalue weighted by Gasteiger charge is 2.17. The van der Waals surface area contributed by atoms with E-state index in [-0.39, 0.29) is 6.04 Å². The molecule has 0 amide bonds. The van der Waals surface area contributed by atoms with Crippen LogP contribution < -0.4 is 10.5 Å². The molecule has 1 atom stereocenters. The van der Waals surface area contributed by atoms with E-state index in [1.807, 2.05) is 11.7 Å². The molecule has 2 aromatic rings. The third kappa shape index (κ3) is 2.99. The Morgan fingerprint density at radius 3 is 2.80 bits per heavy atom. The molecule has 0 aliphatic rings. The second-order valence-corrected chi connectivity index (χ2v) is 5.27. The predicted octanol–water partition coefficient (Wildman–Crippen LogP) is 1.79. The molecule has 0 saturated heterocycles. The van der Waals surface area contributed by atoms with Crippen molar-refractivity contribution in [2.24, 2.45) is 12.8 Å². The van der Waals surface area contributed by atoms with Crippen LogP contribution in [-0.4, -0.2) is 26.9 Å². The van der Waals surface area contributed by atoms with Crippen LogP contribution in [0.3, 0.4) is 0 Å². The Morgan fingerprint density at radius 1 is 1.45 bits per heavy atom. The molecule has 20 heavy (non-hydrogen) atoms. The topological polar surface area (TPSA) is 78.9 Å². The van der Waals surface area contributed by atoms with Gasteiger partial charge in [0.15, 0.2) is 0 Å². The van der Waals surface area contributed by atoms with Crippen molar-refractivity contribution in [3.63, 3.8) is 0 Å². The summed E-state index contributed by atoms with van der Waals surface area (Å²) >= 11 is 3.60. The first-order valence-electron chi connectivity index (χ1n) is 6.38. The van der Waals surface area contributed by atoms with Gasteiger partial charge in [-0.15, -0.1) is 0 Å². The number of halogens is 1. The molecule has 2 aromatic heterocycles. The molecule has 0 aliphatic carbocycles. The van der Waals surface area contributed by atoms with Crippen LogP contribution in [0.1, 0.15) is 30.0 Å². The first-order valence-corrected chi connectivity index (χ1v) is 7.17. The number of ether oxygens (including phenoxy) is 1. The molecule has 0 spiro atoms. The van der Waals surface area contributed by atoms with Gasteiger partial charge in [-0.3, -0.25) is 4.68 Å². The Hall–Kier alpha value is -1.47. The smallest absolute Gasteiger partial charge is 0.216 e. The van der Waals surface area contributed by atoms with Gasteiger partial charge in [0.25, 0.3) is 0 Å². The van der Waals surface area contributed by atoms with Gasteiger partial charge in [0.1, 0.15) is 6.33 Å². The van der Waals surface area contributed by atoms with E-state index in [0.717, 1.165) is 28.0 Å². The van der Waals surface area contributed by atoms with Gasteiger partial charge in [-0.1, -0.05) is 6.92 Å². The largest absolute Gasteiger partial charge is 0.481 e. The molecular weight excluding hydrogens is 322 g/mol. The predicted molar refractivity (Wildman–Crippen MR) is 79.5 cm³/mol. The number of hydrogen-bond donors (Lipinski definition) is 1. The third-order valence-corrected chi connectivity index (χ3v) is 4.08. The maximum Gasteiger partial charge on any atom is 0.216 e. The van der Waals surface area contributed by atoms with Crippen LogP contribution >= 0.6 is 15.9 Å². The van der Waals surface area contributed by atoms with Crippen LogP contribution in [-0.2, 0) is 19.9 Å². The monoisotopic (exact) mass is 339 g/mol. The number of hydrogen-bond acceptors (Lipinski definition) is 5. The SMILES string of the molecule is CCc1nn(C)c(CC(N)c2cc(OC)ncn2)c1Br. The van der Waals surface area contributed by atoms with Gasteiger partial charge >= 0.3 is 0 Å². The van der Waals surface area contributed by atoms with E-state index < -0.39 is 0 Å². The van der Waals surface area contributed by atoms with Gasteiger partial charge in [0, 0.05) is 19.5 Å². The Kier molecular flexibility index (Phi) is 4.72. The zero-order valence-electron chi connectivity index (χ0n) is 11.8. The molecule has 0 aromatic carbocycles. The fourth-order valence-corrected chi connectivity index (χ4v) is 2.80. The average molecular weight is 340 g/mol. The minimum Gasteiger partial charge on any atom is -0.481 e. The fourth-order valence-electron chi connectivity index (χ4n) is 2.02. The average Bonchev–Trinajstić information content (AvgIpc) is 2.74. The van der Waals surface area contributed by atoms with E-state index in [9.17, 15) is 0 Å². The summed E-state index contributed by atoms with van der Waals surface area (Å²) in [6, 6.07) is 1.53. The van der Waals surface area contributed by atoms with Crippen molar-refractivity contribution in [3.05, 3.63) is 33.9 Å². The van der Waals surface area contributed by atoms with Crippen LogP contribution in [0.2, 0.25) is 0 Å². The van der Waals surface area contributed by atoms with E-state index >= 15 is 0 Å². The molecule has 0 bridgehead atoms. The summed E-state index contributed by atoms with van der Waals surface area (Å²) < 4.78 is 7.98. The molecule has 2 heterocycles. The number of rotatable bonds is 5. The molecule has 0 saturated carbocycles. The summed E-state index contributed by atoms with van der Waals surface area (Å²) in [5, 5.41) is 4.47. The second-order valence-electron chi connectivity index (χ2n) is 4.48. The standard InChI is InChI=1S/C13H18BrN5O/c1-4-9-13(14)11(19(2)18-9)5-8(15)10-6-12(20-3)17-7-16-10/h6-8H,4-5,15H2,1-3H3. The first-order chi connectivity index (χ1) is 9.56. The van der Waals surface area contributed by atoms with Crippen LogP contribution in [0.15, 0.2) is 16.9 Å². The second kappa shape index (κ2) is 6.32. The molecule has 2 N–H and O–H groups in total. The molecule has 108 valence electrons. The van der Waals surface area contributed by atoms with Crippen LogP contribution in [0, 0.1) is 0 Å². The normalized spacial score (nSPS) is 12.4. The van der Waals surface area contributed by atoms with Crippen LogP contribution in [0.4, 0.5) is 0 Å². The number of nitrogens with zero attached hydrogens (tertiary/aromatic N) is 4. The lowest BCUT2D eigenvalue weighted by atomic mass is 10.1.